The first-order chi connectivity index (χ1) is 8.50. The Balaban J connectivity index is 2.31. The fraction of sp³-hybridized carbons (Fsp3) is 0.200. The van der Waals surface area contributed by atoms with Gasteiger partial charge in [-0.25, -0.2) is 13.4 Å². The lowest BCUT2D eigenvalue weighted by molar-refractivity contribution is 0.605. The zero-order valence-corrected chi connectivity index (χ0v) is 11.1. The molecule has 18 heavy (non-hydrogen) atoms. The number of nitrogens with zero attached hydrogens (tertiary/aromatic N) is 2. The van der Waals surface area contributed by atoms with E-state index in [2.05, 4.69) is 19.9 Å². The molecule has 0 atom stereocenters. The van der Waals surface area contributed by atoms with E-state index in [1.165, 1.54) is 0 Å². The van der Waals surface area contributed by atoms with Crippen LogP contribution in [0.5, 0.6) is 0 Å². The second-order valence-corrected chi connectivity index (χ2v) is 5.96. The quantitative estimate of drug-likeness (QED) is 0.838. The molecule has 0 saturated carbocycles. The van der Waals surface area contributed by atoms with Crippen molar-refractivity contribution in [2.24, 2.45) is 0 Å². The van der Waals surface area contributed by atoms with Gasteiger partial charge in [-0.2, -0.15) is 5.10 Å². The van der Waals surface area contributed by atoms with Crippen molar-refractivity contribution >= 4 is 27.3 Å². The third-order valence-corrected chi connectivity index (χ3v) is 3.83. The number of benzene rings is 1. The summed E-state index contributed by atoms with van der Waals surface area (Å²) in [7, 11) is -3.50. The van der Waals surface area contributed by atoms with Gasteiger partial charge in [0.05, 0.1) is 0 Å². The topological polar surface area (TPSA) is 87.7 Å². The average Bonchev–Trinajstić information content (AvgIpc) is 2.76. The first-order valence-electron chi connectivity index (χ1n) is 5.06. The van der Waals surface area contributed by atoms with Crippen molar-refractivity contribution in [3.05, 3.63) is 30.1 Å². The lowest BCUT2D eigenvalue weighted by Crippen LogP contribution is -2.13. The summed E-state index contributed by atoms with van der Waals surface area (Å²) in [6.07, 6.45) is 0. The molecule has 0 fully saturated rings. The third kappa shape index (κ3) is 2.99. The number of hydrogen-bond acceptors (Lipinski definition) is 4. The lowest BCUT2D eigenvalue weighted by Gasteiger charge is -2.05. The molecule has 0 aliphatic heterocycles. The summed E-state index contributed by atoms with van der Waals surface area (Å²) in [5.41, 5.74) is 1.14. The van der Waals surface area contributed by atoms with E-state index in [1.54, 1.807) is 31.2 Å². The largest absolute Gasteiger partial charge is 0.283 e. The van der Waals surface area contributed by atoms with Crippen molar-refractivity contribution in [1.29, 1.82) is 0 Å². The van der Waals surface area contributed by atoms with Crippen LogP contribution in [-0.2, 0) is 10.0 Å². The van der Waals surface area contributed by atoms with Gasteiger partial charge in [-0.05, 0) is 19.1 Å². The Morgan fingerprint density at radius 2 is 2.22 bits per heavy atom. The maximum Gasteiger partial charge on any atom is 0.246 e. The Morgan fingerprint density at radius 3 is 2.83 bits per heavy atom. The van der Waals surface area contributed by atoms with E-state index in [1.807, 2.05) is 0 Å². The molecule has 1 heterocycles. The van der Waals surface area contributed by atoms with Crippen LogP contribution in [-0.4, -0.2) is 28.8 Å². The summed E-state index contributed by atoms with van der Waals surface area (Å²) in [6, 6.07) is 6.79. The summed E-state index contributed by atoms with van der Waals surface area (Å²) in [5, 5.41) is 6.24. The molecule has 8 heteroatoms. The average molecular weight is 287 g/mol. The molecule has 6 nitrogen and oxygen atoms in total. The number of alkyl halides is 1. The third-order valence-electron chi connectivity index (χ3n) is 2.13. The van der Waals surface area contributed by atoms with E-state index < -0.39 is 15.2 Å². The molecule has 2 N–H and O–H groups in total. The van der Waals surface area contributed by atoms with Gasteiger partial charge >= 0.3 is 0 Å². The van der Waals surface area contributed by atoms with Gasteiger partial charge in [0.1, 0.15) is 11.0 Å². The van der Waals surface area contributed by atoms with E-state index in [0.717, 1.165) is 0 Å². The first-order valence-corrected chi connectivity index (χ1v) is 7.25. The molecule has 0 spiro atoms. The number of aryl methyl sites for hydroxylation is 1. The number of H-pyrrole nitrogens is 1. The van der Waals surface area contributed by atoms with Crippen LogP contribution in [0.4, 0.5) is 5.69 Å². The van der Waals surface area contributed by atoms with Crippen LogP contribution < -0.4 is 4.72 Å². The van der Waals surface area contributed by atoms with Crippen LogP contribution in [0, 0.1) is 6.92 Å². The molecule has 2 aromatic rings. The van der Waals surface area contributed by atoms with Gasteiger partial charge in [-0.15, -0.1) is 11.6 Å². The van der Waals surface area contributed by atoms with E-state index >= 15 is 0 Å². The zero-order chi connectivity index (χ0) is 13.2. The molecule has 0 aliphatic rings. The molecule has 0 aliphatic carbocycles. The molecular formula is C10H11ClN4O2S. The Kier molecular flexibility index (Phi) is 3.53. The van der Waals surface area contributed by atoms with Crippen molar-refractivity contribution in [2.45, 2.75) is 6.92 Å². The van der Waals surface area contributed by atoms with Crippen LogP contribution in [0.1, 0.15) is 5.82 Å². The molecule has 2 rings (SSSR count). The molecule has 0 bridgehead atoms. The van der Waals surface area contributed by atoms with Gasteiger partial charge in [-0.3, -0.25) is 9.82 Å². The van der Waals surface area contributed by atoms with Crippen molar-refractivity contribution in [1.82, 2.24) is 15.2 Å². The normalized spacial score (nSPS) is 11.4. The van der Waals surface area contributed by atoms with Crippen LogP contribution in [0.2, 0.25) is 0 Å². The maximum atomic E-state index is 11.3. The molecule has 0 radical (unpaired) electrons. The fourth-order valence-electron chi connectivity index (χ4n) is 1.40. The highest BCUT2D eigenvalue weighted by atomic mass is 35.5. The van der Waals surface area contributed by atoms with E-state index in [0.29, 0.717) is 22.9 Å². The SMILES string of the molecule is Cc1nc(-c2cccc(NS(=O)(=O)CCl)c2)n[nH]1. The minimum absolute atomic E-state index is 0.426. The second-order valence-electron chi connectivity index (χ2n) is 3.65. The van der Waals surface area contributed by atoms with Gasteiger partial charge in [0, 0.05) is 11.3 Å². The minimum Gasteiger partial charge on any atom is -0.283 e. The smallest absolute Gasteiger partial charge is 0.246 e. The highest BCUT2D eigenvalue weighted by Crippen LogP contribution is 2.20. The first kappa shape index (κ1) is 12.8. The summed E-state index contributed by atoms with van der Waals surface area (Å²) < 4.78 is 25.0. The standard InChI is InChI=1S/C10H11ClN4O2S/c1-7-12-10(14-13-7)8-3-2-4-9(5-8)15-18(16,17)6-11/h2-5,15H,6H2,1H3,(H,12,13,14). The summed E-state index contributed by atoms with van der Waals surface area (Å²) in [5.74, 6) is 1.20. The maximum absolute atomic E-state index is 11.3. The van der Waals surface area contributed by atoms with Crippen LogP contribution in [0.3, 0.4) is 0 Å². The fourth-order valence-corrected chi connectivity index (χ4v) is 2.10. The summed E-state index contributed by atoms with van der Waals surface area (Å²) in [6.45, 7) is 1.79. The van der Waals surface area contributed by atoms with E-state index in [-0.39, 0.29) is 0 Å². The van der Waals surface area contributed by atoms with Gasteiger partial charge in [-0.1, -0.05) is 12.1 Å². The Hall–Kier alpha value is -1.60. The molecule has 0 unspecified atom stereocenters. The Bertz CT molecular complexity index is 653. The van der Waals surface area contributed by atoms with E-state index in [4.69, 9.17) is 11.6 Å². The van der Waals surface area contributed by atoms with Crippen LogP contribution in [0.25, 0.3) is 11.4 Å². The number of aromatic nitrogens is 3. The molecule has 0 saturated heterocycles. The minimum atomic E-state index is -3.50. The molecule has 1 aromatic heterocycles. The predicted molar refractivity (Wildman–Crippen MR) is 69.8 cm³/mol. The van der Waals surface area contributed by atoms with Crippen molar-refractivity contribution < 1.29 is 8.42 Å². The number of sulfonamides is 1. The van der Waals surface area contributed by atoms with Crippen molar-refractivity contribution in [3.8, 4) is 11.4 Å². The Labute approximate surface area is 109 Å². The van der Waals surface area contributed by atoms with Gasteiger partial charge in [0.25, 0.3) is 0 Å². The number of aromatic amines is 1. The molecule has 0 amide bonds. The van der Waals surface area contributed by atoms with Gasteiger partial charge in [0.15, 0.2) is 5.82 Å². The zero-order valence-electron chi connectivity index (χ0n) is 9.51. The van der Waals surface area contributed by atoms with Crippen LogP contribution in [0.15, 0.2) is 24.3 Å². The molecule has 96 valence electrons. The summed E-state index contributed by atoms with van der Waals surface area (Å²) in [4.78, 5) is 4.17. The number of anilines is 1. The van der Waals surface area contributed by atoms with Gasteiger partial charge in [0.2, 0.25) is 10.0 Å². The van der Waals surface area contributed by atoms with Crippen molar-refractivity contribution in [3.63, 3.8) is 0 Å². The second kappa shape index (κ2) is 4.95. The number of nitrogens with one attached hydrogen (secondary N) is 2. The number of rotatable bonds is 4. The Morgan fingerprint density at radius 1 is 1.44 bits per heavy atom. The summed E-state index contributed by atoms with van der Waals surface area (Å²) >= 11 is 5.32. The predicted octanol–water partition coefficient (Wildman–Crippen LogP) is 1.72. The highest BCUT2D eigenvalue weighted by Gasteiger charge is 2.09. The molecular weight excluding hydrogens is 276 g/mol. The van der Waals surface area contributed by atoms with Crippen molar-refractivity contribution in [2.75, 3.05) is 9.93 Å². The molecule has 1 aromatic carbocycles. The van der Waals surface area contributed by atoms with E-state index in [9.17, 15) is 8.42 Å². The van der Waals surface area contributed by atoms with Crippen LogP contribution >= 0.6 is 11.6 Å². The monoisotopic (exact) mass is 286 g/mol. The number of hydrogen-bond donors (Lipinski definition) is 2. The highest BCUT2D eigenvalue weighted by molar-refractivity contribution is 7.93. The lowest BCUT2D eigenvalue weighted by atomic mass is 10.2. The number of halogens is 1. The van der Waals surface area contributed by atoms with Gasteiger partial charge < -0.3 is 0 Å².